The van der Waals surface area contributed by atoms with Gasteiger partial charge in [0.1, 0.15) is 11.2 Å². The second-order valence-electron chi connectivity index (χ2n) is 7.22. The highest BCUT2D eigenvalue weighted by atomic mass is 32.2. The van der Waals surface area contributed by atoms with Crippen LogP contribution in [0, 0.1) is 11.3 Å². The van der Waals surface area contributed by atoms with Gasteiger partial charge in [-0.1, -0.05) is 0 Å². The van der Waals surface area contributed by atoms with Crippen LogP contribution in [0.3, 0.4) is 0 Å². The lowest BCUT2D eigenvalue weighted by atomic mass is 9.89. The molecule has 2 aliphatic rings. The van der Waals surface area contributed by atoms with Gasteiger partial charge in [-0.2, -0.15) is 14.7 Å². The van der Waals surface area contributed by atoms with Gasteiger partial charge in [0.05, 0.1) is 29.5 Å². The van der Waals surface area contributed by atoms with Crippen LogP contribution in [0.5, 0.6) is 0 Å². The Morgan fingerprint density at radius 2 is 2.15 bits per heavy atom. The van der Waals surface area contributed by atoms with Gasteiger partial charge >= 0.3 is 0 Å². The summed E-state index contributed by atoms with van der Waals surface area (Å²) in [7, 11) is -3.24. The quantitative estimate of drug-likeness (QED) is 0.707. The zero-order valence-corrected chi connectivity index (χ0v) is 15.2. The third-order valence-electron chi connectivity index (χ3n) is 5.28. The predicted octanol–water partition coefficient (Wildman–Crippen LogP) is 1.24. The van der Waals surface area contributed by atoms with E-state index in [1.165, 1.54) is 4.31 Å². The van der Waals surface area contributed by atoms with Crippen LogP contribution in [0.4, 0.5) is 0 Å². The van der Waals surface area contributed by atoms with Crippen LogP contribution in [0.2, 0.25) is 0 Å². The van der Waals surface area contributed by atoms with Crippen molar-refractivity contribution in [2.45, 2.75) is 30.1 Å². The molecule has 4 heterocycles. The monoisotopic (exact) mass is 383 g/mol. The van der Waals surface area contributed by atoms with E-state index in [1.807, 2.05) is 6.07 Å². The summed E-state index contributed by atoms with van der Waals surface area (Å²) in [6.45, 7) is 0.550. The van der Waals surface area contributed by atoms with Crippen molar-refractivity contribution < 1.29 is 8.42 Å². The maximum absolute atomic E-state index is 12.4. The average molecular weight is 383 g/mol. The van der Waals surface area contributed by atoms with E-state index in [1.54, 1.807) is 29.5 Å². The van der Waals surface area contributed by atoms with Gasteiger partial charge < -0.3 is 4.98 Å². The number of nitrogens with zero attached hydrogens (tertiary/aromatic N) is 6. The number of rotatable bonds is 5. The fourth-order valence-electron chi connectivity index (χ4n) is 3.53. The first-order valence-electron chi connectivity index (χ1n) is 8.73. The minimum Gasteiger partial charge on any atom is -0.346 e. The molecule has 5 rings (SSSR count). The molecule has 1 aliphatic heterocycles. The molecule has 1 saturated heterocycles. The number of hydrogen-bond acceptors (Lipinski definition) is 6. The third kappa shape index (κ3) is 2.54. The molecular formula is C17H17N7O2S. The summed E-state index contributed by atoms with van der Waals surface area (Å²) in [4.78, 5) is 11.9. The van der Waals surface area contributed by atoms with Crippen LogP contribution in [0.1, 0.15) is 19.3 Å². The molecule has 27 heavy (non-hydrogen) atoms. The fourth-order valence-corrected chi connectivity index (χ4v) is 5.52. The molecule has 9 nitrogen and oxygen atoms in total. The van der Waals surface area contributed by atoms with Crippen molar-refractivity contribution in [3.8, 4) is 17.5 Å². The van der Waals surface area contributed by atoms with Crippen molar-refractivity contribution >= 4 is 21.1 Å². The first kappa shape index (κ1) is 16.4. The topological polar surface area (TPSA) is 121 Å². The highest BCUT2D eigenvalue weighted by molar-refractivity contribution is 7.90. The molecule has 3 aromatic heterocycles. The number of H-pyrrole nitrogens is 1. The first-order chi connectivity index (χ1) is 13.0. The smallest absolute Gasteiger partial charge is 0.217 e. The van der Waals surface area contributed by atoms with Gasteiger partial charge in [-0.15, -0.1) is 0 Å². The predicted molar refractivity (Wildman–Crippen MR) is 96.8 cm³/mol. The number of nitriles is 1. The zero-order valence-electron chi connectivity index (χ0n) is 14.4. The van der Waals surface area contributed by atoms with Crippen molar-refractivity contribution in [1.29, 1.82) is 5.26 Å². The molecule has 138 valence electrons. The van der Waals surface area contributed by atoms with Crippen molar-refractivity contribution in [2.24, 2.45) is 0 Å². The molecule has 2 fully saturated rings. The Morgan fingerprint density at radius 3 is 2.89 bits per heavy atom. The molecule has 0 unspecified atom stereocenters. The number of aromatic amines is 1. The normalized spacial score (nSPS) is 19.7. The summed E-state index contributed by atoms with van der Waals surface area (Å²) in [6, 6.07) is 4.07. The van der Waals surface area contributed by atoms with E-state index in [4.69, 9.17) is 0 Å². The highest BCUT2D eigenvalue weighted by Gasteiger charge is 2.53. The highest BCUT2D eigenvalue weighted by Crippen LogP contribution is 2.40. The van der Waals surface area contributed by atoms with Crippen molar-refractivity contribution in [1.82, 2.24) is 29.0 Å². The van der Waals surface area contributed by atoms with Gasteiger partial charge in [0.25, 0.3) is 0 Å². The number of hydrogen-bond donors (Lipinski definition) is 1. The Bertz CT molecular complexity index is 1160. The molecule has 0 aromatic carbocycles. The average Bonchev–Trinajstić information content (AvgIpc) is 3.20. The van der Waals surface area contributed by atoms with E-state index in [9.17, 15) is 13.7 Å². The van der Waals surface area contributed by atoms with Gasteiger partial charge in [0.15, 0.2) is 5.82 Å². The third-order valence-corrected chi connectivity index (χ3v) is 7.57. The van der Waals surface area contributed by atoms with Crippen LogP contribution in [0.15, 0.2) is 30.9 Å². The van der Waals surface area contributed by atoms with E-state index in [0.29, 0.717) is 5.82 Å². The Kier molecular flexibility index (Phi) is 3.41. The summed E-state index contributed by atoms with van der Waals surface area (Å²) in [6.07, 6.45) is 8.65. The molecule has 1 N–H and O–H groups in total. The Morgan fingerprint density at radius 1 is 1.33 bits per heavy atom. The van der Waals surface area contributed by atoms with Crippen molar-refractivity contribution in [2.75, 3.05) is 13.1 Å². The van der Waals surface area contributed by atoms with Gasteiger partial charge in [0.2, 0.25) is 10.0 Å². The lowest BCUT2D eigenvalue weighted by molar-refractivity contribution is 0.0716. The number of nitrogens with one attached hydrogen (secondary N) is 1. The largest absolute Gasteiger partial charge is 0.346 e. The molecular weight excluding hydrogens is 366 g/mol. The minimum absolute atomic E-state index is 0.196. The van der Waals surface area contributed by atoms with Gasteiger partial charge in [-0.05, 0) is 18.9 Å². The number of fused-ring (bicyclic) bond motifs is 1. The van der Waals surface area contributed by atoms with Gasteiger partial charge in [-0.25, -0.2) is 18.4 Å². The maximum atomic E-state index is 12.4. The summed E-state index contributed by atoms with van der Waals surface area (Å²) in [5.74, 6) is 0.532. The fraction of sp³-hybridized carbons (Fsp3) is 0.412. The van der Waals surface area contributed by atoms with Crippen LogP contribution >= 0.6 is 0 Å². The van der Waals surface area contributed by atoms with Crippen molar-refractivity contribution in [3.63, 3.8) is 0 Å². The SMILES string of the molecule is N#CCC1(n2cc(-c3ncc4cc[nH]c4n3)cn2)CN(S(=O)(=O)C2CC2)C1. The van der Waals surface area contributed by atoms with E-state index in [-0.39, 0.29) is 24.8 Å². The molecule has 0 atom stereocenters. The second-order valence-corrected chi connectivity index (χ2v) is 9.43. The van der Waals surface area contributed by atoms with E-state index >= 15 is 0 Å². The molecule has 1 aliphatic carbocycles. The molecule has 1 saturated carbocycles. The molecule has 0 bridgehead atoms. The van der Waals surface area contributed by atoms with E-state index < -0.39 is 15.6 Å². The Balaban J connectivity index is 1.44. The van der Waals surface area contributed by atoms with Crippen molar-refractivity contribution in [3.05, 3.63) is 30.9 Å². The molecule has 0 spiro atoms. The minimum atomic E-state index is -3.24. The summed E-state index contributed by atoms with van der Waals surface area (Å²) < 4.78 is 28.0. The van der Waals surface area contributed by atoms with Crippen LogP contribution in [-0.4, -0.2) is 55.8 Å². The zero-order chi connectivity index (χ0) is 18.6. The summed E-state index contributed by atoms with van der Waals surface area (Å²) in [5.41, 5.74) is 0.836. The summed E-state index contributed by atoms with van der Waals surface area (Å²) >= 11 is 0. The second kappa shape index (κ2) is 5.61. The lowest BCUT2D eigenvalue weighted by Gasteiger charge is -2.48. The van der Waals surface area contributed by atoms with Crippen LogP contribution in [-0.2, 0) is 15.6 Å². The number of sulfonamides is 1. The van der Waals surface area contributed by atoms with Crippen LogP contribution in [0.25, 0.3) is 22.4 Å². The molecule has 3 aromatic rings. The molecule has 0 radical (unpaired) electrons. The molecule has 10 heteroatoms. The first-order valence-corrected chi connectivity index (χ1v) is 10.2. The van der Waals surface area contributed by atoms with Crippen LogP contribution < -0.4 is 0 Å². The van der Waals surface area contributed by atoms with Gasteiger partial charge in [0, 0.05) is 37.1 Å². The Labute approximate surface area is 155 Å². The van der Waals surface area contributed by atoms with E-state index in [2.05, 4.69) is 26.1 Å². The number of aromatic nitrogens is 5. The standard InChI is InChI=1S/C17H17N7O2S/c18-5-4-17(10-23(11-17)27(25,26)14-1-2-14)24-9-13(8-21-24)16-20-7-12-3-6-19-15(12)22-16/h3,6-9,14H,1-2,4,10-11H2,(H,19,20,22). The maximum Gasteiger partial charge on any atom is 0.217 e. The van der Waals surface area contributed by atoms with E-state index in [0.717, 1.165) is 29.4 Å². The lowest BCUT2D eigenvalue weighted by Crippen LogP contribution is -2.64. The summed E-state index contributed by atoms with van der Waals surface area (Å²) in [5, 5.41) is 14.4. The Hall–Kier alpha value is -2.77. The molecule has 0 amide bonds. The van der Waals surface area contributed by atoms with Gasteiger partial charge in [-0.3, -0.25) is 4.68 Å².